The number of nitrogens with zero attached hydrogens (tertiary/aromatic N) is 2. The van der Waals surface area contributed by atoms with E-state index in [1.807, 2.05) is 11.4 Å². The van der Waals surface area contributed by atoms with Crippen molar-refractivity contribution in [3.8, 4) is 0 Å². The number of rotatable bonds is 9. The van der Waals surface area contributed by atoms with Gasteiger partial charge in [0.2, 0.25) is 11.8 Å². The minimum Gasteiger partial charge on any atom is -0.352 e. The maximum absolute atomic E-state index is 12.9. The van der Waals surface area contributed by atoms with E-state index in [2.05, 4.69) is 44.8 Å². The van der Waals surface area contributed by atoms with Gasteiger partial charge in [-0.3, -0.25) is 14.5 Å². The summed E-state index contributed by atoms with van der Waals surface area (Å²) in [6.45, 7) is 2.74. The van der Waals surface area contributed by atoms with Gasteiger partial charge in [0.05, 0.1) is 0 Å². The Morgan fingerprint density at radius 1 is 1.09 bits per heavy atom. The number of nitrogens with one attached hydrogen (secondary N) is 2. The molecule has 4 rings (SSSR count). The van der Waals surface area contributed by atoms with Gasteiger partial charge < -0.3 is 10.6 Å². The van der Waals surface area contributed by atoms with Gasteiger partial charge >= 0.3 is 0 Å². The molecule has 2 aromatic rings. The van der Waals surface area contributed by atoms with Crippen molar-refractivity contribution >= 4 is 28.3 Å². The van der Waals surface area contributed by atoms with E-state index in [-0.39, 0.29) is 23.8 Å². The number of carbonyl (C=O) groups excluding carboxylic acids is 2. The third kappa shape index (κ3) is 6.62. The minimum absolute atomic E-state index is 0.0156. The number of hydrogen-bond donors (Lipinski definition) is 2. The molecule has 32 heavy (non-hydrogen) atoms. The van der Waals surface area contributed by atoms with Crippen molar-refractivity contribution < 1.29 is 9.59 Å². The molecule has 1 aromatic heterocycles. The molecule has 2 heterocycles. The second-order valence-electron chi connectivity index (χ2n) is 9.17. The molecule has 6 nitrogen and oxygen atoms in total. The van der Waals surface area contributed by atoms with Crippen LogP contribution in [0.3, 0.4) is 0 Å². The fourth-order valence-electron chi connectivity index (χ4n) is 5.04. The Bertz CT molecular complexity index is 852. The van der Waals surface area contributed by atoms with Crippen LogP contribution in [0.2, 0.25) is 0 Å². The molecule has 0 bridgehead atoms. The molecule has 172 valence electrons. The lowest BCUT2D eigenvalue weighted by Gasteiger charge is -2.25. The number of amides is 2. The Morgan fingerprint density at radius 2 is 1.91 bits per heavy atom. The molecule has 1 aliphatic heterocycles. The Hall–Kier alpha value is -2.25. The van der Waals surface area contributed by atoms with Gasteiger partial charge in [-0.05, 0) is 37.2 Å². The van der Waals surface area contributed by atoms with Crippen molar-refractivity contribution in [1.29, 1.82) is 0 Å². The van der Waals surface area contributed by atoms with E-state index in [0.29, 0.717) is 17.5 Å². The second-order valence-corrected chi connectivity index (χ2v) is 10.1. The molecule has 2 amide bonds. The van der Waals surface area contributed by atoms with Crippen molar-refractivity contribution in [2.45, 2.75) is 64.0 Å². The molecule has 2 N–H and O–H groups in total. The average molecular weight is 455 g/mol. The standard InChI is InChI=1S/C25H34N4O2S/c30-23(28-25-26-14-15-32-25)13-7-12-21-17-29(16-19-8-3-1-4-9-19)18-22(21)27-24(31)20-10-5-2-6-11-20/h1,3-4,8-9,14-15,20-22H,2,5-7,10-13,16-18H2,(H,27,31)(H,26,28,30)/t21-,22+/m0/s1. The molecule has 0 radical (unpaired) electrons. The average Bonchev–Trinajstić information content (AvgIpc) is 3.45. The van der Waals surface area contributed by atoms with Gasteiger partial charge in [-0.1, -0.05) is 49.6 Å². The summed E-state index contributed by atoms with van der Waals surface area (Å²) in [7, 11) is 0. The molecule has 7 heteroatoms. The lowest BCUT2D eigenvalue weighted by molar-refractivity contribution is -0.127. The SMILES string of the molecule is O=C(CCC[C@H]1CN(Cc2ccccc2)C[C@H]1NC(=O)C1CCCCC1)Nc1nccs1. The van der Waals surface area contributed by atoms with E-state index in [1.165, 1.54) is 36.2 Å². The topological polar surface area (TPSA) is 74.3 Å². The van der Waals surface area contributed by atoms with Gasteiger partial charge in [-0.15, -0.1) is 11.3 Å². The summed E-state index contributed by atoms with van der Waals surface area (Å²) >= 11 is 1.43. The number of benzene rings is 1. The minimum atomic E-state index is 0.0156. The number of carbonyl (C=O) groups is 2. The van der Waals surface area contributed by atoms with Crippen LogP contribution in [0.25, 0.3) is 0 Å². The van der Waals surface area contributed by atoms with Crippen molar-refractivity contribution in [1.82, 2.24) is 15.2 Å². The van der Waals surface area contributed by atoms with Crippen LogP contribution < -0.4 is 10.6 Å². The quantitative estimate of drug-likeness (QED) is 0.587. The third-order valence-corrected chi connectivity index (χ3v) is 7.42. The number of aromatic nitrogens is 1. The van der Waals surface area contributed by atoms with Crippen molar-refractivity contribution in [2.75, 3.05) is 18.4 Å². The monoisotopic (exact) mass is 454 g/mol. The normalized spacial score (nSPS) is 22.0. The summed E-state index contributed by atoms with van der Waals surface area (Å²) in [6.07, 6.45) is 9.56. The lowest BCUT2D eigenvalue weighted by atomic mass is 9.88. The summed E-state index contributed by atoms with van der Waals surface area (Å²) in [5, 5.41) is 8.77. The van der Waals surface area contributed by atoms with Crippen LogP contribution in [0.5, 0.6) is 0 Å². The van der Waals surface area contributed by atoms with Gasteiger partial charge in [0.15, 0.2) is 5.13 Å². The second kappa shape index (κ2) is 11.6. The van der Waals surface area contributed by atoms with Crippen LogP contribution in [-0.2, 0) is 16.1 Å². The first-order valence-corrected chi connectivity index (χ1v) is 12.8. The zero-order valence-corrected chi connectivity index (χ0v) is 19.5. The van der Waals surface area contributed by atoms with Gasteiger partial charge in [-0.25, -0.2) is 4.98 Å². The smallest absolute Gasteiger partial charge is 0.226 e. The fourth-order valence-corrected chi connectivity index (χ4v) is 5.59. The van der Waals surface area contributed by atoms with E-state index >= 15 is 0 Å². The predicted molar refractivity (Wildman–Crippen MR) is 128 cm³/mol. The van der Waals surface area contributed by atoms with Gasteiger partial charge in [0.1, 0.15) is 0 Å². The Kier molecular flexibility index (Phi) is 8.29. The highest BCUT2D eigenvalue weighted by Crippen LogP contribution is 2.27. The van der Waals surface area contributed by atoms with Crippen LogP contribution in [0.1, 0.15) is 56.9 Å². The van der Waals surface area contributed by atoms with Crippen LogP contribution in [0.4, 0.5) is 5.13 Å². The third-order valence-electron chi connectivity index (χ3n) is 6.73. The van der Waals surface area contributed by atoms with E-state index in [0.717, 1.165) is 45.3 Å². The van der Waals surface area contributed by atoms with Crippen molar-refractivity contribution in [2.24, 2.45) is 11.8 Å². The van der Waals surface area contributed by atoms with Crippen molar-refractivity contribution in [3.63, 3.8) is 0 Å². The summed E-state index contributed by atoms with van der Waals surface area (Å²) in [6, 6.07) is 10.7. The molecule has 0 spiro atoms. The first-order valence-electron chi connectivity index (χ1n) is 11.9. The van der Waals surface area contributed by atoms with Crippen LogP contribution >= 0.6 is 11.3 Å². The highest BCUT2D eigenvalue weighted by molar-refractivity contribution is 7.13. The maximum Gasteiger partial charge on any atom is 0.226 e. The molecule has 0 unspecified atom stereocenters. The molecule has 1 aromatic carbocycles. The number of hydrogen-bond acceptors (Lipinski definition) is 5. The molecular weight excluding hydrogens is 420 g/mol. The molecular formula is C25H34N4O2S. The van der Waals surface area contributed by atoms with Crippen molar-refractivity contribution in [3.05, 3.63) is 47.5 Å². The van der Waals surface area contributed by atoms with Crippen LogP contribution in [-0.4, -0.2) is 40.8 Å². The zero-order valence-electron chi connectivity index (χ0n) is 18.7. The molecule has 1 saturated carbocycles. The maximum atomic E-state index is 12.9. The summed E-state index contributed by atoms with van der Waals surface area (Å²) < 4.78 is 0. The first-order chi connectivity index (χ1) is 15.7. The van der Waals surface area contributed by atoms with Gasteiger partial charge in [0.25, 0.3) is 0 Å². The highest BCUT2D eigenvalue weighted by atomic mass is 32.1. The first kappa shape index (κ1) is 22.9. The van der Waals surface area contributed by atoms with E-state index < -0.39 is 0 Å². The van der Waals surface area contributed by atoms with E-state index in [9.17, 15) is 9.59 Å². The molecule has 2 fully saturated rings. The molecule has 2 aliphatic rings. The fraction of sp³-hybridized carbons (Fsp3) is 0.560. The van der Waals surface area contributed by atoms with Gasteiger partial charge in [-0.2, -0.15) is 0 Å². The largest absolute Gasteiger partial charge is 0.352 e. The lowest BCUT2D eigenvalue weighted by Crippen LogP contribution is -2.44. The molecule has 1 aliphatic carbocycles. The zero-order chi connectivity index (χ0) is 22.2. The Balaban J connectivity index is 1.31. The summed E-state index contributed by atoms with van der Waals surface area (Å²) in [5.41, 5.74) is 1.30. The summed E-state index contributed by atoms with van der Waals surface area (Å²) in [5.74, 6) is 0.806. The highest BCUT2D eigenvalue weighted by Gasteiger charge is 2.35. The van der Waals surface area contributed by atoms with Gasteiger partial charge in [0, 0.05) is 49.6 Å². The Morgan fingerprint density at radius 3 is 2.66 bits per heavy atom. The Labute approximate surface area is 194 Å². The molecule has 2 atom stereocenters. The van der Waals surface area contributed by atoms with Crippen LogP contribution in [0.15, 0.2) is 41.9 Å². The number of likely N-dealkylation sites (tertiary alicyclic amines) is 1. The number of thiazole rings is 1. The van der Waals surface area contributed by atoms with E-state index in [4.69, 9.17) is 0 Å². The molecule has 1 saturated heterocycles. The summed E-state index contributed by atoms with van der Waals surface area (Å²) in [4.78, 5) is 31.7. The van der Waals surface area contributed by atoms with Crippen LogP contribution in [0, 0.1) is 11.8 Å². The van der Waals surface area contributed by atoms with E-state index in [1.54, 1.807) is 6.20 Å². The predicted octanol–water partition coefficient (Wildman–Crippen LogP) is 4.45. The number of anilines is 1.